The summed E-state index contributed by atoms with van der Waals surface area (Å²) in [6.45, 7) is 0. The first-order chi connectivity index (χ1) is 8.24. The minimum Gasteiger partial charge on any atom is -0.497 e. The summed E-state index contributed by atoms with van der Waals surface area (Å²) in [5.41, 5.74) is 0.941. The molecule has 2 aromatic rings. The molecular formula is C14H16O2S. The summed E-state index contributed by atoms with van der Waals surface area (Å²) in [7, 11) is 1.66. The number of benzene rings is 2. The highest BCUT2D eigenvalue weighted by atomic mass is 32.1. The first-order valence-electron chi connectivity index (χ1n) is 5.61. The normalized spacial score (nSPS) is 12.6. The fraction of sp³-hybridized carbons (Fsp3) is 0.286. The molecule has 0 heterocycles. The van der Waals surface area contributed by atoms with Crippen LogP contribution in [0.1, 0.15) is 18.1 Å². The minimum absolute atomic E-state index is 0.431. The summed E-state index contributed by atoms with van der Waals surface area (Å²) < 4.78 is 5.18. The van der Waals surface area contributed by atoms with E-state index in [1.54, 1.807) is 7.11 Å². The third-order valence-corrected chi connectivity index (χ3v) is 3.12. The topological polar surface area (TPSA) is 29.5 Å². The molecule has 0 saturated carbocycles. The van der Waals surface area contributed by atoms with E-state index >= 15 is 0 Å². The Balaban J connectivity index is 2.37. The molecule has 0 aliphatic rings. The van der Waals surface area contributed by atoms with E-state index in [0.717, 1.165) is 22.1 Å². The number of hydrogen-bond acceptors (Lipinski definition) is 3. The lowest BCUT2D eigenvalue weighted by Crippen LogP contribution is -1.97. The third-order valence-electron chi connectivity index (χ3n) is 2.86. The number of methoxy groups -OCH3 is 1. The van der Waals surface area contributed by atoms with Gasteiger partial charge in [0.1, 0.15) is 5.75 Å². The van der Waals surface area contributed by atoms with Gasteiger partial charge in [-0.1, -0.05) is 18.2 Å². The van der Waals surface area contributed by atoms with Gasteiger partial charge >= 0.3 is 0 Å². The molecule has 0 aromatic heterocycles. The molecule has 2 aromatic carbocycles. The molecule has 1 N–H and O–H groups in total. The lowest BCUT2D eigenvalue weighted by Gasteiger charge is -2.10. The monoisotopic (exact) mass is 248 g/mol. The zero-order chi connectivity index (χ0) is 12.3. The number of thiol groups is 1. The maximum Gasteiger partial charge on any atom is 0.119 e. The van der Waals surface area contributed by atoms with E-state index in [2.05, 4.69) is 12.6 Å². The molecule has 0 aliphatic heterocycles. The van der Waals surface area contributed by atoms with Gasteiger partial charge in [-0.05, 0) is 46.7 Å². The van der Waals surface area contributed by atoms with Gasteiger partial charge in [0.25, 0.3) is 0 Å². The van der Waals surface area contributed by atoms with Gasteiger partial charge in [-0.2, -0.15) is 12.6 Å². The quantitative estimate of drug-likeness (QED) is 0.814. The maximum absolute atomic E-state index is 9.91. The molecule has 1 atom stereocenters. The van der Waals surface area contributed by atoms with Crippen LogP contribution in [-0.2, 0) is 0 Å². The average Bonchev–Trinajstić information content (AvgIpc) is 2.37. The Labute approximate surface area is 107 Å². The number of rotatable bonds is 4. The molecular weight excluding hydrogens is 232 g/mol. The van der Waals surface area contributed by atoms with Gasteiger partial charge in [0.15, 0.2) is 0 Å². The van der Waals surface area contributed by atoms with Gasteiger partial charge in [-0.25, -0.2) is 0 Å². The highest BCUT2D eigenvalue weighted by Crippen LogP contribution is 2.25. The Hall–Kier alpha value is -1.19. The van der Waals surface area contributed by atoms with Crippen LogP contribution >= 0.6 is 12.6 Å². The fourth-order valence-electron chi connectivity index (χ4n) is 1.87. The van der Waals surface area contributed by atoms with E-state index in [-0.39, 0.29) is 0 Å². The van der Waals surface area contributed by atoms with Crippen LogP contribution in [0.5, 0.6) is 5.75 Å². The molecule has 0 aliphatic carbocycles. The molecule has 2 rings (SSSR count). The van der Waals surface area contributed by atoms with E-state index in [1.165, 1.54) is 0 Å². The summed E-state index contributed by atoms with van der Waals surface area (Å²) in [5.74, 6) is 1.53. The van der Waals surface area contributed by atoms with Crippen molar-refractivity contribution in [1.82, 2.24) is 0 Å². The van der Waals surface area contributed by atoms with Crippen molar-refractivity contribution in [2.45, 2.75) is 12.5 Å². The third kappa shape index (κ3) is 2.73. The standard InChI is InChI=1S/C14H16O2S/c1-16-13-5-4-10-8-12(14(15)6-7-17)3-2-11(10)9-13/h2-5,8-9,14-15,17H,6-7H2,1H3. The summed E-state index contributed by atoms with van der Waals surface area (Å²) in [6, 6.07) is 11.9. The van der Waals surface area contributed by atoms with Gasteiger partial charge in [-0.15, -0.1) is 0 Å². The molecule has 0 radical (unpaired) electrons. The van der Waals surface area contributed by atoms with Crippen molar-refractivity contribution in [2.24, 2.45) is 0 Å². The number of fused-ring (bicyclic) bond motifs is 1. The highest BCUT2D eigenvalue weighted by Gasteiger charge is 2.07. The van der Waals surface area contributed by atoms with Crippen LogP contribution in [0.4, 0.5) is 0 Å². The largest absolute Gasteiger partial charge is 0.497 e. The van der Waals surface area contributed by atoms with Crippen molar-refractivity contribution < 1.29 is 9.84 Å². The summed E-state index contributed by atoms with van der Waals surface area (Å²) in [4.78, 5) is 0. The van der Waals surface area contributed by atoms with Crippen molar-refractivity contribution in [3.8, 4) is 5.75 Å². The van der Waals surface area contributed by atoms with Crippen LogP contribution in [0.25, 0.3) is 10.8 Å². The number of aliphatic hydroxyl groups excluding tert-OH is 1. The number of hydrogen-bond donors (Lipinski definition) is 2. The summed E-state index contributed by atoms with van der Waals surface area (Å²) in [6.07, 6.45) is 0.240. The van der Waals surface area contributed by atoms with E-state index in [0.29, 0.717) is 12.2 Å². The Bertz CT molecular complexity index is 511. The van der Waals surface area contributed by atoms with Gasteiger partial charge in [0.05, 0.1) is 13.2 Å². The molecule has 90 valence electrons. The zero-order valence-electron chi connectivity index (χ0n) is 9.76. The Kier molecular flexibility index (Phi) is 3.92. The molecule has 0 bridgehead atoms. The van der Waals surface area contributed by atoms with Crippen molar-refractivity contribution >= 4 is 23.4 Å². The highest BCUT2D eigenvalue weighted by molar-refractivity contribution is 7.80. The molecule has 2 nitrogen and oxygen atoms in total. The first-order valence-corrected chi connectivity index (χ1v) is 6.24. The Morgan fingerprint density at radius 2 is 1.88 bits per heavy atom. The summed E-state index contributed by atoms with van der Waals surface area (Å²) >= 11 is 4.13. The number of aliphatic hydroxyl groups is 1. The lowest BCUT2D eigenvalue weighted by molar-refractivity contribution is 0.175. The molecule has 0 fully saturated rings. The smallest absolute Gasteiger partial charge is 0.119 e. The fourth-order valence-corrected chi connectivity index (χ4v) is 2.11. The lowest BCUT2D eigenvalue weighted by atomic mass is 10.0. The van der Waals surface area contributed by atoms with Gasteiger partial charge in [0.2, 0.25) is 0 Å². The van der Waals surface area contributed by atoms with Crippen molar-refractivity contribution in [3.05, 3.63) is 42.0 Å². The van der Waals surface area contributed by atoms with Crippen LogP contribution in [0.2, 0.25) is 0 Å². The van der Waals surface area contributed by atoms with Gasteiger partial charge < -0.3 is 9.84 Å². The van der Waals surface area contributed by atoms with E-state index in [9.17, 15) is 5.11 Å². The minimum atomic E-state index is -0.431. The Morgan fingerprint density at radius 3 is 2.59 bits per heavy atom. The summed E-state index contributed by atoms with van der Waals surface area (Å²) in [5, 5.41) is 12.1. The maximum atomic E-state index is 9.91. The van der Waals surface area contributed by atoms with Crippen LogP contribution in [-0.4, -0.2) is 18.0 Å². The molecule has 1 unspecified atom stereocenters. The second-order valence-electron chi connectivity index (χ2n) is 4.00. The number of ether oxygens (including phenoxy) is 1. The van der Waals surface area contributed by atoms with Crippen LogP contribution in [0, 0.1) is 0 Å². The molecule has 17 heavy (non-hydrogen) atoms. The van der Waals surface area contributed by atoms with E-state index < -0.39 is 6.10 Å². The predicted molar refractivity (Wildman–Crippen MR) is 73.9 cm³/mol. The van der Waals surface area contributed by atoms with Crippen molar-refractivity contribution in [2.75, 3.05) is 12.9 Å². The zero-order valence-corrected chi connectivity index (χ0v) is 10.7. The van der Waals surface area contributed by atoms with Gasteiger partial charge in [-0.3, -0.25) is 0 Å². The van der Waals surface area contributed by atoms with E-state index in [1.807, 2.05) is 36.4 Å². The predicted octanol–water partition coefficient (Wildman–Crippen LogP) is 3.20. The van der Waals surface area contributed by atoms with Crippen LogP contribution in [0.3, 0.4) is 0 Å². The van der Waals surface area contributed by atoms with Crippen molar-refractivity contribution in [3.63, 3.8) is 0 Å². The first kappa shape index (κ1) is 12.3. The molecule has 3 heteroatoms. The van der Waals surface area contributed by atoms with E-state index in [4.69, 9.17) is 4.74 Å². The Morgan fingerprint density at radius 1 is 1.18 bits per heavy atom. The molecule has 0 saturated heterocycles. The second kappa shape index (κ2) is 5.43. The van der Waals surface area contributed by atoms with Gasteiger partial charge in [0, 0.05) is 0 Å². The van der Waals surface area contributed by atoms with Crippen LogP contribution in [0.15, 0.2) is 36.4 Å². The van der Waals surface area contributed by atoms with Crippen LogP contribution < -0.4 is 4.74 Å². The van der Waals surface area contributed by atoms with Crippen molar-refractivity contribution in [1.29, 1.82) is 0 Å². The molecule has 0 amide bonds. The average molecular weight is 248 g/mol. The molecule has 0 spiro atoms. The SMILES string of the molecule is COc1ccc2cc(C(O)CCS)ccc2c1. The second-order valence-corrected chi connectivity index (χ2v) is 4.45.